The van der Waals surface area contributed by atoms with Crippen LogP contribution in [0.4, 0.5) is 64.1 Å². The Morgan fingerprint density at radius 3 is 1.52 bits per heavy atom. The van der Waals surface area contributed by atoms with Crippen molar-refractivity contribution in [3.8, 4) is 0 Å². The third-order valence-electron chi connectivity index (χ3n) is 13.9. The van der Waals surface area contributed by atoms with Crippen LogP contribution < -0.4 is 10.6 Å². The summed E-state index contributed by atoms with van der Waals surface area (Å²) in [6.07, 6.45) is -22.6. The largest absolute Gasteiger partial charge is 0.478 e. The first-order chi connectivity index (χ1) is 30.2. The second kappa shape index (κ2) is 17.4. The first-order valence-corrected chi connectivity index (χ1v) is 20.7. The van der Waals surface area contributed by atoms with Crippen molar-refractivity contribution in [2.24, 2.45) is 23.2 Å². The second-order valence-corrected chi connectivity index (χ2v) is 17.5. The fraction of sp³-hybridized carbons (Fsp3) is 0.511. The maximum Gasteiger partial charge on any atom is 0.430 e. The molecule has 0 bridgehead atoms. The van der Waals surface area contributed by atoms with Crippen LogP contribution in [0.3, 0.4) is 0 Å². The lowest BCUT2D eigenvalue weighted by molar-refractivity contribution is -0.376. The summed E-state index contributed by atoms with van der Waals surface area (Å²) in [5, 5.41) is 35.1. The molecular weight excluding hydrogens is 908 g/mol. The van der Waals surface area contributed by atoms with Gasteiger partial charge >= 0.3 is 36.6 Å². The summed E-state index contributed by atoms with van der Waals surface area (Å²) in [5.74, 6) is -7.90. The molecule has 2 saturated carbocycles. The number of carboxylic acids is 2. The average Bonchev–Trinajstić information content (AvgIpc) is 4.04. The topological polar surface area (TPSA) is 153 Å². The zero-order valence-electron chi connectivity index (χ0n) is 35.9. The highest BCUT2D eigenvalue weighted by Crippen LogP contribution is 2.58. The average molecular weight is 955 g/mol. The van der Waals surface area contributed by atoms with Gasteiger partial charge in [-0.1, -0.05) is 58.7 Å². The van der Waals surface area contributed by atoms with E-state index in [1.165, 1.54) is 13.8 Å². The Morgan fingerprint density at radius 2 is 1.12 bits per heavy atom. The molecule has 1 amide bonds. The molecule has 362 valence electrons. The molecule has 3 unspecified atom stereocenters. The molecule has 66 heavy (non-hydrogen) atoms. The molecule has 0 spiro atoms. The van der Waals surface area contributed by atoms with Crippen molar-refractivity contribution in [3.05, 3.63) is 93.5 Å². The lowest BCUT2D eigenvalue weighted by atomic mass is 9.67. The minimum absolute atomic E-state index is 0.0188. The smallest absolute Gasteiger partial charge is 0.430 e. The van der Waals surface area contributed by atoms with E-state index in [4.69, 9.17) is 0 Å². The van der Waals surface area contributed by atoms with E-state index in [1.54, 1.807) is 20.8 Å². The fourth-order valence-electron chi connectivity index (χ4n) is 9.00. The number of Topliss-reactive ketones (excluding diaryl/α,β-unsaturated/α-hetero) is 1. The van der Waals surface area contributed by atoms with Gasteiger partial charge in [-0.05, 0) is 104 Å². The monoisotopic (exact) mass is 954 g/mol. The molecule has 2 aliphatic carbocycles. The standard InChI is InChI=1S/C45H46F12N2O7/c1-6-22(3)38(4,7-2)34(60)30-19-25(13-16-28(30)36(62)63)40(42(46,47)48,43(49,50)51)26-14-17-29(37(64)65)31(20-26)35(61)58-27-15-18-32(41(66,44(52,53)54)45(55,56)57)33(21-27)59-39(5,24-11-12-24)23-9-8-10-23/h13-24,59,66H,6-12H2,1-5H3,(H,58,61)(H,62,63)(H,64,65). The van der Waals surface area contributed by atoms with Crippen LogP contribution in [0.1, 0.15) is 138 Å². The van der Waals surface area contributed by atoms with Crippen LogP contribution in [0, 0.1) is 23.2 Å². The number of anilines is 2. The number of benzene rings is 3. The predicted octanol–water partition coefficient (Wildman–Crippen LogP) is 12.1. The van der Waals surface area contributed by atoms with Crippen LogP contribution in [0.25, 0.3) is 0 Å². The number of carboxylic acid groups (broad SMARTS) is 2. The lowest BCUT2D eigenvalue weighted by Crippen LogP contribution is -2.55. The summed E-state index contributed by atoms with van der Waals surface area (Å²) in [6, 6.07) is 2.13. The maximum absolute atomic E-state index is 15.6. The molecular formula is C45H46F12N2O7. The van der Waals surface area contributed by atoms with Crippen molar-refractivity contribution in [2.75, 3.05) is 10.6 Å². The summed E-state index contributed by atoms with van der Waals surface area (Å²) in [5.41, 5.74) is -25.0. The predicted molar refractivity (Wildman–Crippen MR) is 214 cm³/mol. The number of aromatic carboxylic acids is 2. The molecule has 5 rings (SSSR count). The first kappa shape index (κ1) is 51.6. The Bertz CT molecular complexity index is 2360. The Labute approximate surface area is 370 Å². The normalized spacial score (nSPS) is 17.8. The zero-order valence-corrected chi connectivity index (χ0v) is 35.9. The van der Waals surface area contributed by atoms with Gasteiger partial charge in [0.25, 0.3) is 11.5 Å². The highest BCUT2D eigenvalue weighted by Gasteiger charge is 2.74. The summed E-state index contributed by atoms with van der Waals surface area (Å²) < 4.78 is 179. The number of carbonyl (C=O) groups is 4. The van der Waals surface area contributed by atoms with Gasteiger partial charge in [-0.3, -0.25) is 9.59 Å². The van der Waals surface area contributed by atoms with Gasteiger partial charge in [0.15, 0.2) is 5.78 Å². The van der Waals surface area contributed by atoms with E-state index in [0.717, 1.165) is 0 Å². The molecule has 2 fully saturated rings. The number of hydrogen-bond donors (Lipinski definition) is 5. The van der Waals surface area contributed by atoms with Gasteiger partial charge in [0.2, 0.25) is 5.41 Å². The van der Waals surface area contributed by atoms with Crippen LogP contribution in [0.2, 0.25) is 0 Å². The molecule has 0 saturated heterocycles. The minimum atomic E-state index is -6.45. The van der Waals surface area contributed by atoms with Crippen LogP contribution >= 0.6 is 0 Å². The number of nitrogens with one attached hydrogen (secondary N) is 2. The van der Waals surface area contributed by atoms with E-state index < -0.39 is 127 Å². The molecule has 21 heteroatoms. The number of amides is 1. The minimum Gasteiger partial charge on any atom is -0.478 e. The van der Waals surface area contributed by atoms with Crippen molar-refractivity contribution >= 4 is 35.0 Å². The van der Waals surface area contributed by atoms with Gasteiger partial charge in [-0.2, -0.15) is 52.7 Å². The van der Waals surface area contributed by atoms with Crippen molar-refractivity contribution in [1.29, 1.82) is 0 Å². The summed E-state index contributed by atoms with van der Waals surface area (Å²) >= 11 is 0. The van der Waals surface area contributed by atoms with Crippen LogP contribution in [0.15, 0.2) is 54.6 Å². The molecule has 9 nitrogen and oxygen atoms in total. The van der Waals surface area contributed by atoms with Crippen molar-refractivity contribution < 1.29 is 87.2 Å². The Hall–Kier alpha value is -5.34. The summed E-state index contributed by atoms with van der Waals surface area (Å²) in [7, 11) is 0. The Kier molecular flexibility index (Phi) is 13.6. The second-order valence-electron chi connectivity index (χ2n) is 17.5. The van der Waals surface area contributed by atoms with E-state index >= 15 is 26.3 Å². The number of carbonyl (C=O) groups excluding carboxylic acids is 2. The number of halogens is 12. The van der Waals surface area contributed by atoms with Crippen molar-refractivity contribution in [1.82, 2.24) is 0 Å². The van der Waals surface area contributed by atoms with Gasteiger partial charge in [0.1, 0.15) is 0 Å². The first-order valence-electron chi connectivity index (χ1n) is 20.7. The number of rotatable bonds is 16. The number of aliphatic hydroxyl groups is 1. The van der Waals surface area contributed by atoms with Crippen molar-refractivity contribution in [3.63, 3.8) is 0 Å². The van der Waals surface area contributed by atoms with Gasteiger partial charge < -0.3 is 26.0 Å². The van der Waals surface area contributed by atoms with E-state index in [0.29, 0.717) is 56.7 Å². The number of ketones is 1. The van der Waals surface area contributed by atoms with Crippen LogP contribution in [0.5, 0.6) is 0 Å². The molecule has 3 aromatic carbocycles. The van der Waals surface area contributed by atoms with Gasteiger partial charge in [-0.15, -0.1) is 0 Å². The molecule has 3 atom stereocenters. The van der Waals surface area contributed by atoms with Crippen LogP contribution in [-0.4, -0.2) is 69.2 Å². The van der Waals surface area contributed by atoms with Gasteiger partial charge in [0.05, 0.1) is 16.7 Å². The SMILES string of the molecule is CCC(C)C(C)(CC)C(=O)c1cc(C(c2ccc(C(=O)O)c(C(=O)Nc3ccc(C(O)(C(F)(F)F)C(F)(F)F)c(NC(C)(C4CCC4)C4CC4)c3)c2)(C(F)(F)F)C(F)(F)F)ccc1C(=O)O. The molecule has 3 aromatic rings. The Morgan fingerprint density at radius 1 is 0.652 bits per heavy atom. The summed E-state index contributed by atoms with van der Waals surface area (Å²) in [6.45, 7) is 7.68. The molecule has 5 N–H and O–H groups in total. The van der Waals surface area contributed by atoms with Crippen LogP contribution in [-0.2, 0) is 11.0 Å². The maximum atomic E-state index is 15.6. The third-order valence-corrected chi connectivity index (χ3v) is 13.9. The van der Waals surface area contributed by atoms with E-state index in [-0.39, 0.29) is 54.7 Å². The fourth-order valence-corrected chi connectivity index (χ4v) is 9.00. The number of hydrogen-bond acceptors (Lipinski definition) is 6. The molecule has 0 heterocycles. The molecule has 0 radical (unpaired) electrons. The lowest BCUT2D eigenvalue weighted by Gasteiger charge is -2.46. The summed E-state index contributed by atoms with van der Waals surface area (Å²) in [4.78, 5) is 52.7. The van der Waals surface area contributed by atoms with E-state index in [2.05, 4.69) is 5.32 Å². The highest BCUT2D eigenvalue weighted by molar-refractivity contribution is 6.11. The molecule has 2 aliphatic rings. The van der Waals surface area contributed by atoms with E-state index in [1.807, 2.05) is 5.32 Å². The molecule has 0 aromatic heterocycles. The molecule has 0 aliphatic heterocycles. The number of alkyl halides is 12. The van der Waals surface area contributed by atoms with Gasteiger partial charge in [-0.25, -0.2) is 9.59 Å². The highest BCUT2D eigenvalue weighted by atomic mass is 19.4. The van der Waals surface area contributed by atoms with Crippen molar-refractivity contribution in [2.45, 2.75) is 121 Å². The zero-order chi connectivity index (χ0) is 50.0. The Balaban J connectivity index is 1.74. The van der Waals surface area contributed by atoms with E-state index in [9.17, 15) is 60.8 Å². The van der Waals surface area contributed by atoms with Gasteiger partial charge in [0, 0.05) is 33.5 Å². The quantitative estimate of drug-likeness (QED) is 0.0703. The third kappa shape index (κ3) is 8.59.